The number of thioether (sulfide) groups is 1. The molecule has 2 heterocycles. The first-order chi connectivity index (χ1) is 9.54. The zero-order chi connectivity index (χ0) is 14.7. The zero-order valence-electron chi connectivity index (χ0n) is 10.9. The zero-order valence-corrected chi connectivity index (χ0v) is 11.7. The number of aromatic nitrogens is 1. The lowest BCUT2D eigenvalue weighted by Crippen LogP contribution is -2.41. The highest BCUT2D eigenvalue weighted by Gasteiger charge is 2.27. The van der Waals surface area contributed by atoms with Crippen molar-refractivity contribution in [1.29, 1.82) is 0 Å². The van der Waals surface area contributed by atoms with Crippen molar-refractivity contribution in [2.75, 3.05) is 23.0 Å². The van der Waals surface area contributed by atoms with Gasteiger partial charge in [0.05, 0.1) is 4.92 Å². The SMILES string of the molecule is CC1CSCCN1c1ncc(C(N)=NO)cc1[N+](=O)[O-]. The number of hydrogen-bond donors (Lipinski definition) is 2. The van der Waals surface area contributed by atoms with Crippen molar-refractivity contribution >= 4 is 29.1 Å². The Morgan fingerprint density at radius 1 is 1.75 bits per heavy atom. The minimum Gasteiger partial charge on any atom is -0.409 e. The second-order valence-corrected chi connectivity index (χ2v) is 5.58. The van der Waals surface area contributed by atoms with Crippen molar-refractivity contribution in [2.45, 2.75) is 13.0 Å². The number of pyridine rings is 1. The third kappa shape index (κ3) is 2.77. The summed E-state index contributed by atoms with van der Waals surface area (Å²) in [5.74, 6) is 1.94. The molecule has 1 unspecified atom stereocenters. The van der Waals surface area contributed by atoms with Gasteiger partial charge in [-0.25, -0.2) is 4.98 Å². The Hall–Kier alpha value is -2.03. The molecule has 0 aliphatic carbocycles. The van der Waals surface area contributed by atoms with Crippen molar-refractivity contribution in [1.82, 2.24) is 4.98 Å². The van der Waals surface area contributed by atoms with Crippen LogP contribution in [0.3, 0.4) is 0 Å². The number of nitrogens with zero attached hydrogens (tertiary/aromatic N) is 4. The third-order valence-corrected chi connectivity index (χ3v) is 4.28. The summed E-state index contributed by atoms with van der Waals surface area (Å²) in [6, 6.07) is 1.46. The average Bonchev–Trinajstić information content (AvgIpc) is 2.46. The molecular formula is C11H15N5O3S. The molecule has 0 amide bonds. The molecule has 3 N–H and O–H groups in total. The lowest BCUT2D eigenvalue weighted by Gasteiger charge is -2.33. The first-order valence-corrected chi connectivity index (χ1v) is 7.16. The molecule has 8 nitrogen and oxygen atoms in total. The van der Waals surface area contributed by atoms with Gasteiger partial charge in [0, 0.05) is 41.9 Å². The summed E-state index contributed by atoms with van der Waals surface area (Å²) in [6.07, 6.45) is 1.38. The lowest BCUT2D eigenvalue weighted by molar-refractivity contribution is -0.384. The molecule has 0 saturated carbocycles. The molecule has 20 heavy (non-hydrogen) atoms. The van der Waals surface area contributed by atoms with Crippen LogP contribution >= 0.6 is 11.8 Å². The Kier molecular flexibility index (Phi) is 4.28. The molecule has 108 valence electrons. The fourth-order valence-electron chi connectivity index (χ4n) is 2.04. The van der Waals surface area contributed by atoms with E-state index in [1.54, 1.807) is 0 Å². The number of hydrogen-bond acceptors (Lipinski definition) is 7. The Morgan fingerprint density at radius 3 is 3.10 bits per heavy atom. The van der Waals surface area contributed by atoms with Crippen LogP contribution in [0.25, 0.3) is 0 Å². The largest absolute Gasteiger partial charge is 0.409 e. The lowest BCUT2D eigenvalue weighted by atomic mass is 10.2. The van der Waals surface area contributed by atoms with Crippen molar-refractivity contribution in [3.63, 3.8) is 0 Å². The van der Waals surface area contributed by atoms with Gasteiger partial charge in [0.15, 0.2) is 5.84 Å². The van der Waals surface area contributed by atoms with Crippen LogP contribution in [0.2, 0.25) is 0 Å². The van der Waals surface area contributed by atoms with E-state index in [0.717, 1.165) is 11.5 Å². The summed E-state index contributed by atoms with van der Waals surface area (Å²) >= 11 is 1.82. The highest BCUT2D eigenvalue weighted by Crippen LogP contribution is 2.30. The first-order valence-electron chi connectivity index (χ1n) is 6.01. The van der Waals surface area contributed by atoms with E-state index < -0.39 is 4.92 Å². The number of oxime groups is 1. The number of nitro groups is 1. The van der Waals surface area contributed by atoms with Crippen LogP contribution in [-0.2, 0) is 0 Å². The van der Waals surface area contributed by atoms with Crippen LogP contribution in [0.4, 0.5) is 11.5 Å². The van der Waals surface area contributed by atoms with E-state index >= 15 is 0 Å². The van der Waals surface area contributed by atoms with E-state index in [0.29, 0.717) is 12.4 Å². The Morgan fingerprint density at radius 2 is 2.50 bits per heavy atom. The van der Waals surface area contributed by atoms with E-state index in [2.05, 4.69) is 10.1 Å². The molecule has 2 rings (SSSR count). The monoisotopic (exact) mass is 297 g/mol. The van der Waals surface area contributed by atoms with Gasteiger partial charge in [0.25, 0.3) is 0 Å². The number of amidine groups is 1. The van der Waals surface area contributed by atoms with Gasteiger partial charge in [-0.05, 0) is 6.92 Å². The van der Waals surface area contributed by atoms with Crippen LogP contribution in [0.1, 0.15) is 12.5 Å². The maximum absolute atomic E-state index is 11.2. The van der Waals surface area contributed by atoms with Crippen molar-refractivity contribution in [3.05, 3.63) is 27.9 Å². The van der Waals surface area contributed by atoms with Gasteiger partial charge in [-0.15, -0.1) is 0 Å². The van der Waals surface area contributed by atoms with Crippen molar-refractivity contribution in [2.24, 2.45) is 10.9 Å². The van der Waals surface area contributed by atoms with Crippen LogP contribution in [0.15, 0.2) is 17.4 Å². The fraction of sp³-hybridized carbons (Fsp3) is 0.455. The maximum atomic E-state index is 11.2. The molecule has 0 aromatic carbocycles. The molecule has 1 atom stereocenters. The molecule has 1 aromatic rings. The normalized spacial score (nSPS) is 19.9. The smallest absolute Gasteiger partial charge is 0.312 e. The van der Waals surface area contributed by atoms with Crippen LogP contribution < -0.4 is 10.6 Å². The summed E-state index contributed by atoms with van der Waals surface area (Å²) < 4.78 is 0. The Bertz CT molecular complexity index is 551. The summed E-state index contributed by atoms with van der Waals surface area (Å²) in [6.45, 7) is 2.72. The standard InChI is InChI=1S/C11H15N5O3S/c1-7-6-20-3-2-15(7)11-9(16(18)19)4-8(5-13-11)10(12)14-17/h4-5,7,17H,2-3,6H2,1H3,(H2,12,14). The van der Waals surface area contributed by atoms with Gasteiger partial charge in [-0.3, -0.25) is 10.1 Å². The predicted molar refractivity (Wildman–Crippen MR) is 77.5 cm³/mol. The predicted octanol–water partition coefficient (Wildman–Crippen LogP) is 1.03. The maximum Gasteiger partial charge on any atom is 0.312 e. The highest BCUT2D eigenvalue weighted by molar-refractivity contribution is 7.99. The van der Waals surface area contributed by atoms with Gasteiger partial charge in [-0.2, -0.15) is 11.8 Å². The van der Waals surface area contributed by atoms with Crippen LogP contribution in [0.5, 0.6) is 0 Å². The molecule has 1 aromatic heterocycles. The van der Waals surface area contributed by atoms with E-state index in [4.69, 9.17) is 10.9 Å². The second-order valence-electron chi connectivity index (χ2n) is 4.43. The quantitative estimate of drug-likeness (QED) is 0.281. The molecule has 0 radical (unpaired) electrons. The summed E-state index contributed by atoms with van der Waals surface area (Å²) in [7, 11) is 0. The van der Waals surface area contributed by atoms with Crippen molar-refractivity contribution in [3.8, 4) is 0 Å². The third-order valence-electron chi connectivity index (χ3n) is 3.09. The molecule has 1 fully saturated rings. The van der Waals surface area contributed by atoms with E-state index in [1.807, 2.05) is 23.6 Å². The minimum absolute atomic E-state index is 0.132. The minimum atomic E-state index is -0.495. The highest BCUT2D eigenvalue weighted by atomic mass is 32.2. The van der Waals surface area contributed by atoms with Crippen LogP contribution in [-0.4, -0.2) is 45.0 Å². The van der Waals surface area contributed by atoms with Gasteiger partial charge in [0.1, 0.15) is 0 Å². The topological polar surface area (TPSA) is 118 Å². The molecular weight excluding hydrogens is 282 g/mol. The van der Waals surface area contributed by atoms with E-state index in [-0.39, 0.29) is 23.1 Å². The second kappa shape index (κ2) is 5.95. The van der Waals surface area contributed by atoms with Gasteiger partial charge >= 0.3 is 5.69 Å². The van der Waals surface area contributed by atoms with E-state index in [9.17, 15) is 10.1 Å². The average molecular weight is 297 g/mol. The first kappa shape index (κ1) is 14.4. The van der Waals surface area contributed by atoms with Crippen molar-refractivity contribution < 1.29 is 10.1 Å². The molecule has 1 aliphatic heterocycles. The van der Waals surface area contributed by atoms with Crippen LogP contribution in [0, 0.1) is 10.1 Å². The Labute approximate surface area is 119 Å². The summed E-state index contributed by atoms with van der Waals surface area (Å²) in [4.78, 5) is 16.8. The fourth-order valence-corrected chi connectivity index (χ4v) is 3.05. The number of nitrogens with two attached hydrogens (primary N) is 1. The summed E-state index contributed by atoms with van der Waals surface area (Å²) in [5, 5.41) is 22.7. The van der Waals surface area contributed by atoms with E-state index in [1.165, 1.54) is 12.3 Å². The molecule has 0 spiro atoms. The van der Waals surface area contributed by atoms with Gasteiger partial charge in [-0.1, -0.05) is 5.16 Å². The van der Waals surface area contributed by atoms with Gasteiger partial charge in [0.2, 0.25) is 5.82 Å². The van der Waals surface area contributed by atoms with Gasteiger partial charge < -0.3 is 15.8 Å². The summed E-state index contributed by atoms with van der Waals surface area (Å²) in [5.41, 5.74) is 5.53. The Balaban J connectivity index is 2.44. The molecule has 1 aliphatic rings. The molecule has 0 bridgehead atoms. The number of rotatable bonds is 3. The molecule has 1 saturated heterocycles. The number of anilines is 1. The molecule has 9 heteroatoms.